The van der Waals surface area contributed by atoms with Crippen LogP contribution in [0.2, 0.25) is 0 Å². The summed E-state index contributed by atoms with van der Waals surface area (Å²) in [4.78, 5) is 8.32. The molecule has 6 nitrogen and oxygen atoms in total. The van der Waals surface area contributed by atoms with E-state index in [-0.39, 0.29) is 17.5 Å². The standard InChI is InChI=1S/C10H15N3O3S/c1-7-5-9(16-2)13-10(11-7)12-8-3-4-17(14,15)6-8/h5,8H,3-4,6H2,1-2H3,(H,11,12,13)/t8-/m1/s1. The van der Waals surface area contributed by atoms with Gasteiger partial charge in [0.1, 0.15) is 0 Å². The minimum absolute atomic E-state index is 0.105. The summed E-state index contributed by atoms with van der Waals surface area (Å²) >= 11 is 0. The number of anilines is 1. The number of rotatable bonds is 3. The van der Waals surface area contributed by atoms with Gasteiger partial charge in [0.2, 0.25) is 11.8 Å². The quantitative estimate of drug-likeness (QED) is 0.843. The molecule has 94 valence electrons. The molecule has 0 spiro atoms. The smallest absolute Gasteiger partial charge is 0.226 e. The Morgan fingerprint density at radius 1 is 1.47 bits per heavy atom. The third kappa shape index (κ3) is 3.06. The molecule has 0 unspecified atom stereocenters. The molecule has 17 heavy (non-hydrogen) atoms. The summed E-state index contributed by atoms with van der Waals surface area (Å²) < 4.78 is 27.7. The van der Waals surface area contributed by atoms with E-state index >= 15 is 0 Å². The summed E-state index contributed by atoms with van der Waals surface area (Å²) in [6, 6.07) is 1.61. The van der Waals surface area contributed by atoms with E-state index in [1.807, 2.05) is 6.92 Å². The van der Waals surface area contributed by atoms with Gasteiger partial charge in [0.05, 0.1) is 18.6 Å². The van der Waals surface area contributed by atoms with E-state index < -0.39 is 9.84 Å². The first-order chi connectivity index (χ1) is 7.98. The van der Waals surface area contributed by atoms with E-state index in [0.717, 1.165) is 5.69 Å². The average Bonchev–Trinajstić information content (AvgIpc) is 2.57. The van der Waals surface area contributed by atoms with E-state index in [2.05, 4.69) is 15.3 Å². The Morgan fingerprint density at radius 3 is 2.82 bits per heavy atom. The maximum Gasteiger partial charge on any atom is 0.226 e. The van der Waals surface area contributed by atoms with Crippen molar-refractivity contribution in [2.45, 2.75) is 19.4 Å². The van der Waals surface area contributed by atoms with Gasteiger partial charge in [-0.05, 0) is 13.3 Å². The Labute approximate surface area is 100 Å². The fourth-order valence-corrected chi connectivity index (χ4v) is 3.47. The third-order valence-corrected chi connectivity index (χ3v) is 4.37. The Morgan fingerprint density at radius 2 is 2.24 bits per heavy atom. The highest BCUT2D eigenvalue weighted by molar-refractivity contribution is 7.91. The highest BCUT2D eigenvalue weighted by atomic mass is 32.2. The van der Waals surface area contributed by atoms with Crippen LogP contribution in [0.3, 0.4) is 0 Å². The van der Waals surface area contributed by atoms with Crippen LogP contribution in [0, 0.1) is 6.92 Å². The van der Waals surface area contributed by atoms with Crippen molar-refractivity contribution in [2.24, 2.45) is 0 Å². The number of ether oxygens (including phenoxy) is 1. The van der Waals surface area contributed by atoms with Gasteiger partial charge in [0.25, 0.3) is 0 Å². The van der Waals surface area contributed by atoms with Crippen LogP contribution in [-0.4, -0.2) is 43.0 Å². The van der Waals surface area contributed by atoms with Gasteiger partial charge in [-0.15, -0.1) is 0 Å². The highest BCUT2D eigenvalue weighted by Crippen LogP contribution is 2.17. The van der Waals surface area contributed by atoms with Crippen molar-refractivity contribution in [1.29, 1.82) is 0 Å². The first-order valence-electron chi connectivity index (χ1n) is 5.35. The van der Waals surface area contributed by atoms with E-state index in [9.17, 15) is 8.42 Å². The fraction of sp³-hybridized carbons (Fsp3) is 0.600. The summed E-state index contributed by atoms with van der Waals surface area (Å²) in [5.41, 5.74) is 0.778. The number of aromatic nitrogens is 2. The molecule has 1 aromatic heterocycles. The molecule has 1 atom stereocenters. The topological polar surface area (TPSA) is 81.2 Å². The van der Waals surface area contributed by atoms with Crippen molar-refractivity contribution in [3.8, 4) is 5.88 Å². The summed E-state index contributed by atoms with van der Waals surface area (Å²) in [6.07, 6.45) is 0.599. The second-order valence-corrected chi connectivity index (χ2v) is 6.35. The molecule has 1 fully saturated rings. The number of sulfone groups is 1. The molecule has 1 saturated heterocycles. The van der Waals surface area contributed by atoms with Gasteiger partial charge in [-0.2, -0.15) is 4.98 Å². The molecule has 7 heteroatoms. The summed E-state index contributed by atoms with van der Waals surface area (Å²) in [6.45, 7) is 1.83. The van der Waals surface area contributed by atoms with Crippen molar-refractivity contribution in [2.75, 3.05) is 23.9 Å². The lowest BCUT2D eigenvalue weighted by Gasteiger charge is -2.11. The lowest BCUT2D eigenvalue weighted by atomic mass is 10.3. The summed E-state index contributed by atoms with van der Waals surface area (Å²) in [5.74, 6) is 1.27. The fourth-order valence-electron chi connectivity index (χ4n) is 1.80. The second kappa shape index (κ2) is 4.48. The summed E-state index contributed by atoms with van der Waals surface area (Å²) in [7, 11) is -1.36. The van der Waals surface area contributed by atoms with E-state index in [1.165, 1.54) is 7.11 Å². The van der Waals surface area contributed by atoms with E-state index in [1.54, 1.807) is 6.07 Å². The molecule has 0 radical (unpaired) electrons. The van der Waals surface area contributed by atoms with Gasteiger partial charge in [-0.1, -0.05) is 0 Å². The Hall–Kier alpha value is -1.37. The second-order valence-electron chi connectivity index (χ2n) is 4.12. The van der Waals surface area contributed by atoms with Gasteiger partial charge < -0.3 is 10.1 Å². The van der Waals surface area contributed by atoms with Crippen LogP contribution < -0.4 is 10.1 Å². The number of hydrogen-bond donors (Lipinski definition) is 1. The van der Waals surface area contributed by atoms with Crippen LogP contribution in [-0.2, 0) is 9.84 Å². The lowest BCUT2D eigenvalue weighted by Crippen LogP contribution is -2.22. The predicted molar refractivity (Wildman–Crippen MR) is 64.0 cm³/mol. The Balaban J connectivity index is 2.11. The maximum absolute atomic E-state index is 11.3. The SMILES string of the molecule is COc1cc(C)nc(N[C@@H]2CCS(=O)(=O)C2)n1. The first-order valence-corrected chi connectivity index (χ1v) is 7.17. The highest BCUT2D eigenvalue weighted by Gasteiger charge is 2.28. The number of aryl methyl sites for hydroxylation is 1. The first kappa shape index (κ1) is 12.1. The molecule has 0 bridgehead atoms. The van der Waals surface area contributed by atoms with Gasteiger partial charge >= 0.3 is 0 Å². The normalized spacial score (nSPS) is 22.4. The van der Waals surface area contributed by atoms with Crippen LogP contribution >= 0.6 is 0 Å². The number of nitrogens with one attached hydrogen (secondary N) is 1. The van der Waals surface area contributed by atoms with Gasteiger partial charge in [-0.3, -0.25) is 0 Å². The Bertz CT molecular complexity index is 516. The molecule has 0 aromatic carbocycles. The largest absolute Gasteiger partial charge is 0.481 e. The molecule has 0 aliphatic carbocycles. The molecule has 1 aliphatic heterocycles. The predicted octanol–water partition coefficient (Wildman–Crippen LogP) is 0.393. The van der Waals surface area contributed by atoms with Gasteiger partial charge in [-0.25, -0.2) is 13.4 Å². The minimum atomic E-state index is -2.89. The zero-order chi connectivity index (χ0) is 12.5. The van der Waals surface area contributed by atoms with Gasteiger partial charge in [0.15, 0.2) is 9.84 Å². The van der Waals surface area contributed by atoms with E-state index in [0.29, 0.717) is 18.2 Å². The van der Waals surface area contributed by atoms with Gasteiger partial charge in [0, 0.05) is 17.8 Å². The van der Waals surface area contributed by atoms with E-state index in [4.69, 9.17) is 4.74 Å². The number of hydrogen-bond acceptors (Lipinski definition) is 6. The molecule has 2 heterocycles. The molecule has 1 N–H and O–H groups in total. The lowest BCUT2D eigenvalue weighted by molar-refractivity contribution is 0.397. The van der Waals surface area contributed by atoms with Crippen molar-refractivity contribution in [3.05, 3.63) is 11.8 Å². The monoisotopic (exact) mass is 257 g/mol. The molecular weight excluding hydrogens is 242 g/mol. The van der Waals surface area contributed by atoms with Crippen molar-refractivity contribution >= 4 is 15.8 Å². The molecule has 0 amide bonds. The van der Waals surface area contributed by atoms with Crippen LogP contribution in [0.5, 0.6) is 5.88 Å². The minimum Gasteiger partial charge on any atom is -0.481 e. The average molecular weight is 257 g/mol. The zero-order valence-electron chi connectivity index (χ0n) is 9.80. The van der Waals surface area contributed by atoms with Crippen molar-refractivity contribution in [1.82, 2.24) is 9.97 Å². The van der Waals surface area contributed by atoms with Crippen LogP contribution in [0.15, 0.2) is 6.07 Å². The summed E-state index contributed by atoms with van der Waals surface area (Å²) in [5, 5.41) is 3.03. The Kier molecular flexibility index (Phi) is 3.19. The maximum atomic E-state index is 11.3. The van der Waals surface area contributed by atoms with Crippen molar-refractivity contribution in [3.63, 3.8) is 0 Å². The molecule has 1 aliphatic rings. The third-order valence-electron chi connectivity index (χ3n) is 2.61. The molecule has 0 saturated carbocycles. The molecule has 2 rings (SSSR count). The zero-order valence-corrected chi connectivity index (χ0v) is 10.6. The van der Waals surface area contributed by atoms with Crippen molar-refractivity contribution < 1.29 is 13.2 Å². The molecule has 1 aromatic rings. The number of nitrogens with zero attached hydrogens (tertiary/aromatic N) is 2. The molecular formula is C10H15N3O3S. The van der Waals surface area contributed by atoms with Crippen LogP contribution in [0.4, 0.5) is 5.95 Å². The number of methoxy groups -OCH3 is 1. The van der Waals surface area contributed by atoms with Crippen LogP contribution in [0.1, 0.15) is 12.1 Å². The van der Waals surface area contributed by atoms with Crippen LogP contribution in [0.25, 0.3) is 0 Å².